The molecule has 1 aliphatic heterocycles. The SMILES string of the molecule is Cc1ccc(NC(=O)Cn2ncc3c(N4CCN(c5ccccn5)CC4)ncnc32)cc1Cl. The lowest BCUT2D eigenvalue weighted by Gasteiger charge is -2.36. The van der Waals surface area contributed by atoms with E-state index in [-0.39, 0.29) is 12.5 Å². The van der Waals surface area contributed by atoms with E-state index < -0.39 is 0 Å². The second-order valence-electron chi connectivity index (χ2n) is 7.91. The van der Waals surface area contributed by atoms with E-state index in [1.807, 2.05) is 43.5 Å². The van der Waals surface area contributed by atoms with Crippen molar-refractivity contribution in [1.82, 2.24) is 24.7 Å². The molecule has 1 aliphatic rings. The van der Waals surface area contributed by atoms with Crippen LogP contribution in [-0.2, 0) is 11.3 Å². The number of fused-ring (bicyclic) bond motifs is 1. The average Bonchev–Trinajstić information content (AvgIpc) is 3.25. The zero-order valence-corrected chi connectivity index (χ0v) is 18.9. The molecule has 1 saturated heterocycles. The summed E-state index contributed by atoms with van der Waals surface area (Å²) in [6, 6.07) is 11.4. The van der Waals surface area contributed by atoms with Crippen LogP contribution in [0.3, 0.4) is 0 Å². The van der Waals surface area contributed by atoms with Gasteiger partial charge in [-0.1, -0.05) is 23.7 Å². The van der Waals surface area contributed by atoms with Crippen molar-refractivity contribution in [3.05, 3.63) is 65.7 Å². The van der Waals surface area contributed by atoms with Crippen molar-refractivity contribution >= 4 is 45.9 Å². The molecule has 4 heterocycles. The second-order valence-corrected chi connectivity index (χ2v) is 8.32. The zero-order chi connectivity index (χ0) is 22.8. The fourth-order valence-electron chi connectivity index (χ4n) is 3.94. The van der Waals surface area contributed by atoms with Gasteiger partial charge in [0.15, 0.2) is 5.65 Å². The van der Waals surface area contributed by atoms with Crippen molar-refractivity contribution < 1.29 is 4.79 Å². The summed E-state index contributed by atoms with van der Waals surface area (Å²) in [4.78, 5) is 30.4. The van der Waals surface area contributed by atoms with Crippen LogP contribution in [0.5, 0.6) is 0 Å². The molecule has 9 nitrogen and oxygen atoms in total. The molecule has 3 aromatic heterocycles. The van der Waals surface area contributed by atoms with E-state index in [1.54, 1.807) is 16.9 Å². The maximum absolute atomic E-state index is 12.6. The van der Waals surface area contributed by atoms with Crippen LogP contribution in [0.15, 0.2) is 55.1 Å². The van der Waals surface area contributed by atoms with Gasteiger partial charge < -0.3 is 15.1 Å². The van der Waals surface area contributed by atoms with E-state index in [4.69, 9.17) is 11.6 Å². The molecular weight excluding hydrogens is 440 g/mol. The molecular formula is C23H23ClN8O. The molecule has 10 heteroatoms. The van der Waals surface area contributed by atoms with E-state index in [0.29, 0.717) is 16.4 Å². The minimum absolute atomic E-state index is 0.0406. The summed E-state index contributed by atoms with van der Waals surface area (Å²) >= 11 is 6.16. The number of piperazine rings is 1. The van der Waals surface area contributed by atoms with Crippen LogP contribution in [0.25, 0.3) is 11.0 Å². The van der Waals surface area contributed by atoms with E-state index in [0.717, 1.165) is 48.8 Å². The Morgan fingerprint density at radius 2 is 1.88 bits per heavy atom. The molecule has 1 fully saturated rings. The van der Waals surface area contributed by atoms with Gasteiger partial charge in [-0.2, -0.15) is 5.10 Å². The smallest absolute Gasteiger partial charge is 0.246 e. The molecule has 0 aliphatic carbocycles. The Morgan fingerprint density at radius 1 is 1.06 bits per heavy atom. The standard InChI is InChI=1S/C23H23ClN8O/c1-16-5-6-17(12-19(16)24)29-21(33)14-32-23-18(13-28-32)22(26-15-27-23)31-10-8-30(9-11-31)20-4-2-3-7-25-20/h2-7,12-13,15H,8-11,14H2,1H3,(H,29,33). The number of amides is 1. The summed E-state index contributed by atoms with van der Waals surface area (Å²) in [6.07, 6.45) is 5.07. The Bertz CT molecular complexity index is 1280. The number of hydrogen-bond donors (Lipinski definition) is 1. The van der Waals surface area contributed by atoms with Crippen molar-refractivity contribution in [2.24, 2.45) is 0 Å². The predicted octanol–water partition coefficient (Wildman–Crippen LogP) is 3.15. The minimum atomic E-state index is -0.205. The van der Waals surface area contributed by atoms with Crippen LogP contribution in [0, 0.1) is 6.92 Å². The van der Waals surface area contributed by atoms with Crippen molar-refractivity contribution in [2.45, 2.75) is 13.5 Å². The van der Waals surface area contributed by atoms with Crippen molar-refractivity contribution in [2.75, 3.05) is 41.3 Å². The molecule has 1 aromatic carbocycles. The number of carbonyl (C=O) groups is 1. The molecule has 0 spiro atoms. The normalized spacial score (nSPS) is 14.0. The molecule has 0 unspecified atom stereocenters. The van der Waals surface area contributed by atoms with Crippen LogP contribution >= 0.6 is 11.6 Å². The molecule has 5 rings (SSSR count). The molecule has 0 saturated carbocycles. The van der Waals surface area contributed by atoms with Gasteiger partial charge in [0.05, 0.1) is 11.6 Å². The first-order valence-corrected chi connectivity index (χ1v) is 11.1. The Morgan fingerprint density at radius 3 is 2.64 bits per heavy atom. The van der Waals surface area contributed by atoms with Gasteiger partial charge in [-0.15, -0.1) is 0 Å². The van der Waals surface area contributed by atoms with Gasteiger partial charge in [-0.25, -0.2) is 19.6 Å². The number of anilines is 3. The Labute approximate surface area is 196 Å². The highest BCUT2D eigenvalue weighted by Crippen LogP contribution is 2.25. The van der Waals surface area contributed by atoms with Crippen molar-refractivity contribution in [3.8, 4) is 0 Å². The van der Waals surface area contributed by atoms with Gasteiger partial charge in [0, 0.05) is 43.1 Å². The Kier molecular flexibility index (Phi) is 5.78. The van der Waals surface area contributed by atoms with Crippen LogP contribution < -0.4 is 15.1 Å². The fourth-order valence-corrected chi connectivity index (χ4v) is 4.12. The zero-order valence-electron chi connectivity index (χ0n) is 18.1. The molecule has 0 atom stereocenters. The summed E-state index contributed by atoms with van der Waals surface area (Å²) < 4.78 is 1.59. The first-order valence-electron chi connectivity index (χ1n) is 10.7. The minimum Gasteiger partial charge on any atom is -0.353 e. The molecule has 1 N–H and O–H groups in total. The van der Waals surface area contributed by atoms with Crippen LogP contribution in [0.2, 0.25) is 5.02 Å². The summed E-state index contributed by atoms with van der Waals surface area (Å²) in [7, 11) is 0. The summed E-state index contributed by atoms with van der Waals surface area (Å²) in [5.74, 6) is 1.61. The summed E-state index contributed by atoms with van der Waals surface area (Å²) in [5, 5.41) is 8.71. The maximum atomic E-state index is 12.6. The van der Waals surface area contributed by atoms with Crippen LogP contribution in [-0.4, -0.2) is 56.8 Å². The highest BCUT2D eigenvalue weighted by Gasteiger charge is 2.22. The van der Waals surface area contributed by atoms with Crippen LogP contribution in [0.4, 0.5) is 17.3 Å². The second kappa shape index (κ2) is 9.03. The van der Waals surface area contributed by atoms with E-state index in [9.17, 15) is 4.79 Å². The first kappa shape index (κ1) is 21.1. The number of carbonyl (C=O) groups excluding carboxylic acids is 1. The van der Waals surface area contributed by atoms with Gasteiger partial charge in [-0.05, 0) is 36.8 Å². The largest absolute Gasteiger partial charge is 0.353 e. The molecule has 0 bridgehead atoms. The summed E-state index contributed by atoms with van der Waals surface area (Å²) in [5.41, 5.74) is 2.23. The third-order valence-corrected chi connectivity index (χ3v) is 6.12. The Hall–Kier alpha value is -3.72. The van der Waals surface area contributed by atoms with Crippen molar-refractivity contribution in [1.29, 1.82) is 0 Å². The molecule has 1 amide bonds. The van der Waals surface area contributed by atoms with Crippen LogP contribution in [0.1, 0.15) is 5.56 Å². The lowest BCUT2D eigenvalue weighted by molar-refractivity contribution is -0.116. The average molecular weight is 463 g/mol. The number of pyridine rings is 1. The number of aryl methyl sites for hydroxylation is 1. The van der Waals surface area contributed by atoms with Gasteiger partial charge in [-0.3, -0.25) is 4.79 Å². The number of hydrogen-bond acceptors (Lipinski definition) is 7. The topological polar surface area (TPSA) is 92.1 Å². The quantitative estimate of drug-likeness (QED) is 0.487. The number of nitrogens with zero attached hydrogens (tertiary/aromatic N) is 7. The number of benzene rings is 1. The molecule has 4 aromatic rings. The number of rotatable bonds is 5. The molecule has 168 valence electrons. The maximum Gasteiger partial charge on any atom is 0.246 e. The first-order chi connectivity index (χ1) is 16.1. The Balaban J connectivity index is 1.29. The third kappa shape index (κ3) is 4.45. The summed E-state index contributed by atoms with van der Waals surface area (Å²) in [6.45, 7) is 5.26. The monoisotopic (exact) mass is 462 g/mol. The van der Waals surface area contributed by atoms with E-state index in [2.05, 4.69) is 35.2 Å². The number of aromatic nitrogens is 5. The van der Waals surface area contributed by atoms with Gasteiger partial charge >= 0.3 is 0 Å². The molecule has 33 heavy (non-hydrogen) atoms. The third-order valence-electron chi connectivity index (χ3n) is 5.71. The van der Waals surface area contributed by atoms with Crippen molar-refractivity contribution in [3.63, 3.8) is 0 Å². The van der Waals surface area contributed by atoms with E-state index in [1.165, 1.54) is 6.33 Å². The molecule has 0 radical (unpaired) electrons. The van der Waals surface area contributed by atoms with E-state index >= 15 is 0 Å². The lowest BCUT2D eigenvalue weighted by atomic mass is 10.2. The number of halogens is 1. The van der Waals surface area contributed by atoms with Gasteiger partial charge in [0.25, 0.3) is 0 Å². The lowest BCUT2D eigenvalue weighted by Crippen LogP contribution is -2.47. The van der Waals surface area contributed by atoms with Gasteiger partial charge in [0.2, 0.25) is 5.91 Å². The predicted molar refractivity (Wildman–Crippen MR) is 129 cm³/mol. The highest BCUT2D eigenvalue weighted by atomic mass is 35.5. The number of nitrogens with one attached hydrogen (secondary N) is 1. The highest BCUT2D eigenvalue weighted by molar-refractivity contribution is 6.31. The van der Waals surface area contributed by atoms with Gasteiger partial charge in [0.1, 0.15) is 24.5 Å². The fraction of sp³-hybridized carbons (Fsp3) is 0.261.